The van der Waals surface area contributed by atoms with Crippen molar-refractivity contribution in [1.82, 2.24) is 15.0 Å². The first-order chi connectivity index (χ1) is 19.1. The van der Waals surface area contributed by atoms with Crippen molar-refractivity contribution >= 4 is 42.3 Å². The third kappa shape index (κ3) is 5.31. The van der Waals surface area contributed by atoms with E-state index in [2.05, 4.69) is 19.7 Å². The number of benzene rings is 2. The molecule has 3 N–H and O–H groups in total. The molecule has 0 radical (unpaired) electrons. The van der Waals surface area contributed by atoms with E-state index in [1.165, 1.54) is 19.4 Å². The van der Waals surface area contributed by atoms with Crippen LogP contribution in [0.4, 0.5) is 11.5 Å². The van der Waals surface area contributed by atoms with Crippen LogP contribution >= 0.6 is 0 Å². The Morgan fingerprint density at radius 2 is 1.62 bits per heavy atom. The number of hydrogen-bond acceptors (Lipinski definition) is 9. The average Bonchev–Trinajstić information content (AvgIpc) is 2.97. The van der Waals surface area contributed by atoms with Crippen molar-refractivity contribution in [2.24, 2.45) is 0 Å². The lowest BCUT2D eigenvalue weighted by molar-refractivity contribution is 0.400. The smallest absolute Gasteiger partial charge is 0.279 e. The molecule has 0 aliphatic carbocycles. The maximum atomic E-state index is 12.9. The van der Waals surface area contributed by atoms with Gasteiger partial charge in [0.2, 0.25) is 5.88 Å². The lowest BCUT2D eigenvalue weighted by Gasteiger charge is -2.13. The van der Waals surface area contributed by atoms with Crippen LogP contribution in [0.2, 0.25) is 0 Å². The molecular weight excluding hydrogens is 550 g/mol. The molecule has 0 aliphatic heterocycles. The number of fused-ring (bicyclic) bond motifs is 1. The summed E-state index contributed by atoms with van der Waals surface area (Å²) < 4.78 is 57.9. The van der Waals surface area contributed by atoms with E-state index < -0.39 is 19.9 Å². The molecule has 0 saturated heterocycles. The molecule has 40 heavy (non-hydrogen) atoms. The number of sulfonamides is 1. The van der Waals surface area contributed by atoms with E-state index in [4.69, 9.17) is 10.5 Å². The molecule has 3 aromatic heterocycles. The van der Waals surface area contributed by atoms with E-state index >= 15 is 0 Å². The zero-order valence-corrected chi connectivity index (χ0v) is 23.2. The summed E-state index contributed by atoms with van der Waals surface area (Å²) in [7, 11) is -5.90. The maximum Gasteiger partial charge on any atom is 0.279 e. The Hall–Kier alpha value is -4.55. The Morgan fingerprint density at radius 3 is 2.30 bits per heavy atom. The number of hydrogen-bond donors (Lipinski definition) is 2. The molecule has 3 heterocycles. The van der Waals surface area contributed by atoms with E-state index in [9.17, 15) is 16.8 Å². The largest absolute Gasteiger partial charge is 0.480 e. The molecule has 0 amide bonds. The predicted molar refractivity (Wildman–Crippen MR) is 154 cm³/mol. The second-order valence-electron chi connectivity index (χ2n) is 8.81. The van der Waals surface area contributed by atoms with Crippen LogP contribution in [0.1, 0.15) is 6.92 Å². The highest BCUT2D eigenvalue weighted by atomic mass is 32.2. The average molecular weight is 576 g/mol. The van der Waals surface area contributed by atoms with Gasteiger partial charge in [-0.05, 0) is 59.7 Å². The monoisotopic (exact) mass is 575 g/mol. The van der Waals surface area contributed by atoms with Crippen LogP contribution in [-0.4, -0.2) is 44.7 Å². The van der Waals surface area contributed by atoms with Crippen molar-refractivity contribution in [1.29, 1.82) is 0 Å². The quantitative estimate of drug-likeness (QED) is 0.271. The van der Waals surface area contributed by atoms with Crippen LogP contribution in [-0.2, 0) is 19.9 Å². The Balaban J connectivity index is 1.53. The van der Waals surface area contributed by atoms with Crippen LogP contribution in [0.15, 0.2) is 95.1 Å². The van der Waals surface area contributed by atoms with Crippen LogP contribution in [0.5, 0.6) is 5.88 Å². The lowest BCUT2D eigenvalue weighted by Crippen LogP contribution is -2.15. The molecule has 5 rings (SSSR count). The second kappa shape index (κ2) is 10.5. The van der Waals surface area contributed by atoms with Crippen molar-refractivity contribution in [2.75, 3.05) is 23.3 Å². The molecule has 10 nitrogen and oxygen atoms in total. The highest BCUT2D eigenvalue weighted by Gasteiger charge is 2.19. The van der Waals surface area contributed by atoms with Crippen LogP contribution in [0.25, 0.3) is 33.2 Å². The van der Waals surface area contributed by atoms with Gasteiger partial charge in [-0.15, -0.1) is 0 Å². The number of aromatic nitrogens is 3. The lowest BCUT2D eigenvalue weighted by atomic mass is 10.0. The zero-order valence-electron chi connectivity index (χ0n) is 21.6. The third-order valence-corrected chi connectivity index (χ3v) is 9.32. The Bertz CT molecular complexity index is 1930. The van der Waals surface area contributed by atoms with Crippen molar-refractivity contribution < 1.29 is 21.6 Å². The van der Waals surface area contributed by atoms with E-state index in [0.29, 0.717) is 22.5 Å². The number of nitrogens with two attached hydrogens (primary N) is 1. The maximum absolute atomic E-state index is 12.9. The van der Waals surface area contributed by atoms with E-state index in [1.54, 1.807) is 55.6 Å². The third-order valence-electron chi connectivity index (χ3n) is 6.28. The molecule has 0 aliphatic rings. The minimum absolute atomic E-state index is 0.0152. The van der Waals surface area contributed by atoms with Crippen molar-refractivity contribution in [2.45, 2.75) is 16.8 Å². The van der Waals surface area contributed by atoms with E-state index in [0.717, 1.165) is 16.5 Å². The Labute approximate surface area is 231 Å². The van der Waals surface area contributed by atoms with Crippen molar-refractivity contribution in [3.05, 3.63) is 85.2 Å². The number of ether oxygens (including phenoxy) is 1. The first-order valence-corrected chi connectivity index (χ1v) is 15.3. The van der Waals surface area contributed by atoms with Crippen molar-refractivity contribution in [3.8, 4) is 28.1 Å². The summed E-state index contributed by atoms with van der Waals surface area (Å²) in [6.45, 7) is 1.60. The number of anilines is 2. The van der Waals surface area contributed by atoms with Gasteiger partial charge in [-0.3, -0.25) is 4.72 Å². The predicted octanol–water partition coefficient (Wildman–Crippen LogP) is 4.54. The fourth-order valence-corrected chi connectivity index (χ4v) is 6.04. The summed E-state index contributed by atoms with van der Waals surface area (Å²) in [6, 6.07) is 20.2. The van der Waals surface area contributed by atoms with Crippen LogP contribution in [0.3, 0.4) is 0 Å². The van der Waals surface area contributed by atoms with Gasteiger partial charge in [0.15, 0.2) is 14.9 Å². The molecule has 0 spiro atoms. The summed E-state index contributed by atoms with van der Waals surface area (Å²) >= 11 is 0. The normalized spacial score (nSPS) is 11.8. The highest BCUT2D eigenvalue weighted by molar-refractivity contribution is 7.92. The number of nitrogen functional groups attached to an aromatic ring is 1. The Kier molecular flexibility index (Phi) is 7.13. The molecule has 0 unspecified atom stereocenters. The minimum atomic E-state index is -3.98. The van der Waals surface area contributed by atoms with Gasteiger partial charge in [-0.2, -0.15) is 8.42 Å². The summed E-state index contributed by atoms with van der Waals surface area (Å²) in [5, 5.41) is 0.642. The van der Waals surface area contributed by atoms with Gasteiger partial charge in [0.25, 0.3) is 10.0 Å². The standard InChI is InChI=1S/C28H25N5O5S2/c1-3-39(34,35)22-10-7-18(8-11-22)23-15-20-14-19(9-12-24(20)32-27(23)29)21-16-25(28(38-2)31-17-21)33-40(36,37)26-6-4-5-13-30-26/h4-17,33H,3H2,1-2H3,(H2,29,32). The molecule has 0 saturated carbocycles. The minimum Gasteiger partial charge on any atom is -0.480 e. The summed E-state index contributed by atoms with van der Waals surface area (Å²) in [5.74, 6) is 0.430. The van der Waals surface area contributed by atoms with Gasteiger partial charge in [0, 0.05) is 28.9 Å². The molecule has 2 aromatic carbocycles. The molecule has 0 bridgehead atoms. The number of nitrogens with one attached hydrogen (secondary N) is 1. The molecule has 0 atom stereocenters. The summed E-state index contributed by atoms with van der Waals surface area (Å²) in [6.07, 6.45) is 2.98. The highest BCUT2D eigenvalue weighted by Crippen LogP contribution is 2.34. The fraction of sp³-hybridized carbons (Fsp3) is 0.107. The molecule has 5 aromatic rings. The molecular formula is C28H25N5O5S2. The summed E-state index contributed by atoms with van der Waals surface area (Å²) in [5.41, 5.74) is 9.84. The number of methoxy groups -OCH3 is 1. The second-order valence-corrected chi connectivity index (χ2v) is 12.7. The van der Waals surface area contributed by atoms with Gasteiger partial charge in [-0.25, -0.2) is 23.4 Å². The topological polar surface area (TPSA) is 154 Å². The Morgan fingerprint density at radius 1 is 0.875 bits per heavy atom. The van der Waals surface area contributed by atoms with Gasteiger partial charge < -0.3 is 10.5 Å². The number of nitrogens with zero attached hydrogens (tertiary/aromatic N) is 3. The number of pyridine rings is 3. The molecule has 0 fully saturated rings. The van der Waals surface area contributed by atoms with Crippen LogP contribution in [0, 0.1) is 0 Å². The molecule has 12 heteroatoms. The first kappa shape index (κ1) is 27.0. The SMILES string of the molecule is CCS(=O)(=O)c1ccc(-c2cc3cc(-c4cnc(OC)c(NS(=O)(=O)c5ccccn5)c4)ccc3nc2N)cc1. The summed E-state index contributed by atoms with van der Waals surface area (Å²) in [4.78, 5) is 13.0. The van der Waals surface area contributed by atoms with Crippen LogP contribution < -0.4 is 15.2 Å². The van der Waals surface area contributed by atoms with E-state index in [-0.39, 0.29) is 27.2 Å². The van der Waals surface area contributed by atoms with Gasteiger partial charge in [0.05, 0.1) is 23.3 Å². The number of sulfone groups is 1. The van der Waals surface area contributed by atoms with E-state index in [1.807, 2.05) is 24.3 Å². The molecule has 204 valence electrons. The van der Waals surface area contributed by atoms with Gasteiger partial charge in [-0.1, -0.05) is 31.2 Å². The zero-order chi connectivity index (χ0) is 28.5. The van der Waals surface area contributed by atoms with Gasteiger partial charge in [0.1, 0.15) is 11.5 Å². The first-order valence-electron chi connectivity index (χ1n) is 12.1. The van der Waals surface area contributed by atoms with Gasteiger partial charge >= 0.3 is 0 Å². The fourth-order valence-electron chi connectivity index (χ4n) is 4.16. The van der Waals surface area contributed by atoms with Crippen molar-refractivity contribution in [3.63, 3.8) is 0 Å². The number of rotatable bonds is 8.